The highest BCUT2D eigenvalue weighted by Crippen LogP contribution is 2.28. The second-order valence-corrected chi connectivity index (χ2v) is 9.75. The van der Waals surface area contributed by atoms with Gasteiger partial charge in [-0.25, -0.2) is 5.43 Å². The Bertz CT molecular complexity index is 1230. The minimum absolute atomic E-state index is 0.138. The summed E-state index contributed by atoms with van der Waals surface area (Å²) in [7, 11) is 0. The molecule has 0 aliphatic carbocycles. The van der Waals surface area contributed by atoms with Gasteiger partial charge in [0.25, 0.3) is 11.8 Å². The van der Waals surface area contributed by atoms with Crippen LogP contribution in [0, 0.1) is 5.92 Å². The Balaban J connectivity index is 1.59. The van der Waals surface area contributed by atoms with Gasteiger partial charge in [0.15, 0.2) is 6.10 Å². The van der Waals surface area contributed by atoms with Crippen molar-refractivity contribution in [3.05, 3.63) is 75.4 Å². The molecule has 3 rings (SSSR count). The van der Waals surface area contributed by atoms with E-state index < -0.39 is 24.0 Å². The number of hydrogen-bond donors (Lipinski definition) is 2. The van der Waals surface area contributed by atoms with Crippen molar-refractivity contribution in [3.63, 3.8) is 0 Å². The maximum Gasteiger partial charge on any atom is 0.262 e. The molecule has 0 unspecified atom stereocenters. The van der Waals surface area contributed by atoms with Crippen molar-refractivity contribution in [2.75, 3.05) is 0 Å². The molecule has 0 aliphatic rings. The number of rotatable bonds is 10. The van der Waals surface area contributed by atoms with E-state index in [1.165, 1.54) is 12.3 Å². The van der Waals surface area contributed by atoms with Crippen LogP contribution in [0.1, 0.15) is 33.0 Å². The van der Waals surface area contributed by atoms with Crippen molar-refractivity contribution in [2.24, 2.45) is 11.0 Å². The van der Waals surface area contributed by atoms with Crippen LogP contribution >= 0.6 is 34.8 Å². The summed E-state index contributed by atoms with van der Waals surface area (Å²) in [5.41, 5.74) is 3.32. The van der Waals surface area contributed by atoms with Crippen molar-refractivity contribution >= 4 is 52.8 Å². The predicted octanol–water partition coefficient (Wildman–Crippen LogP) is 6.36. The van der Waals surface area contributed by atoms with Crippen LogP contribution in [0.5, 0.6) is 5.75 Å². The lowest BCUT2D eigenvalue weighted by Crippen LogP contribution is -2.49. The normalized spacial score (nSPS) is 13.0. The summed E-state index contributed by atoms with van der Waals surface area (Å²) in [5, 5.41) is 8.07. The second kappa shape index (κ2) is 12.8. The summed E-state index contributed by atoms with van der Waals surface area (Å²) < 4.78 is 11.4. The molecule has 2 aromatic carbocycles. The number of furan rings is 1. The third-order valence-electron chi connectivity index (χ3n) is 5.03. The first-order valence-electron chi connectivity index (χ1n) is 11.2. The number of nitrogens with one attached hydrogen (secondary N) is 2. The van der Waals surface area contributed by atoms with Gasteiger partial charge in [-0.15, -0.1) is 0 Å². The summed E-state index contributed by atoms with van der Waals surface area (Å²) in [5.74, 6) is 0.609. The Labute approximate surface area is 224 Å². The maximum atomic E-state index is 12.8. The fourth-order valence-corrected chi connectivity index (χ4v) is 3.81. The van der Waals surface area contributed by atoms with Gasteiger partial charge in [0.2, 0.25) is 0 Å². The quantitative estimate of drug-likeness (QED) is 0.227. The molecule has 2 amide bonds. The number of benzene rings is 2. The maximum absolute atomic E-state index is 12.8. The lowest BCUT2D eigenvalue weighted by molar-refractivity contribution is -0.132. The molecule has 190 valence electrons. The average Bonchev–Trinajstić information content (AvgIpc) is 3.29. The van der Waals surface area contributed by atoms with E-state index in [1.54, 1.807) is 43.3 Å². The van der Waals surface area contributed by atoms with Crippen molar-refractivity contribution in [1.82, 2.24) is 10.7 Å². The molecule has 2 N–H and O–H groups in total. The first-order valence-corrected chi connectivity index (χ1v) is 12.4. The average molecular weight is 551 g/mol. The summed E-state index contributed by atoms with van der Waals surface area (Å²) in [4.78, 5) is 25.5. The van der Waals surface area contributed by atoms with Crippen LogP contribution in [0.3, 0.4) is 0 Å². The number of ether oxygens (including phenoxy) is 1. The zero-order valence-electron chi connectivity index (χ0n) is 19.9. The fourth-order valence-electron chi connectivity index (χ4n) is 3.24. The van der Waals surface area contributed by atoms with Gasteiger partial charge in [-0.05, 0) is 73.9 Å². The highest BCUT2D eigenvalue weighted by atomic mass is 35.5. The monoisotopic (exact) mass is 549 g/mol. The van der Waals surface area contributed by atoms with Gasteiger partial charge in [0.05, 0.1) is 11.2 Å². The molecule has 0 fully saturated rings. The summed E-state index contributed by atoms with van der Waals surface area (Å²) in [6.07, 6.45) is 0.895. The molecule has 0 spiro atoms. The largest absolute Gasteiger partial charge is 0.479 e. The molecule has 0 radical (unpaired) electrons. The molecule has 1 aromatic heterocycles. The number of carbonyl (C=O) groups is 2. The second-order valence-electron chi connectivity index (χ2n) is 8.47. The van der Waals surface area contributed by atoms with Crippen LogP contribution in [0.25, 0.3) is 11.3 Å². The number of amides is 2. The molecule has 7 nitrogen and oxygen atoms in total. The van der Waals surface area contributed by atoms with Crippen LogP contribution in [-0.4, -0.2) is 30.2 Å². The molecular formula is C26H26Cl3N3O4. The Kier molecular flexibility index (Phi) is 9.81. The van der Waals surface area contributed by atoms with Gasteiger partial charge in [0, 0.05) is 15.6 Å². The number of halogens is 3. The standard InChI is InChI=1S/C26H26Cl3N3O4/c1-15(2)12-22(31-25(33)16(3)35-24-10-8-19(28)13-21(24)29)26(34)32-30-14-20-9-11-23(36-20)17-4-6-18(27)7-5-17/h4-11,13-16,22H,12H2,1-3H3,(H,31,33)(H,32,34)/b30-14-/t16-,22+/m0/s1. The van der Waals surface area contributed by atoms with Crippen molar-refractivity contribution in [1.29, 1.82) is 0 Å². The molecule has 36 heavy (non-hydrogen) atoms. The van der Waals surface area contributed by atoms with Crippen molar-refractivity contribution in [2.45, 2.75) is 39.3 Å². The van der Waals surface area contributed by atoms with E-state index >= 15 is 0 Å². The Morgan fingerprint density at radius 1 is 0.972 bits per heavy atom. The lowest BCUT2D eigenvalue weighted by Gasteiger charge is -2.22. The Morgan fingerprint density at radius 3 is 2.33 bits per heavy atom. The van der Waals surface area contributed by atoms with E-state index in [-0.39, 0.29) is 10.9 Å². The summed E-state index contributed by atoms with van der Waals surface area (Å²) in [6, 6.07) is 14.6. The van der Waals surface area contributed by atoms with Crippen LogP contribution in [0.15, 0.2) is 64.1 Å². The number of nitrogens with zero attached hydrogens (tertiary/aromatic N) is 1. The minimum Gasteiger partial charge on any atom is -0.479 e. The molecule has 0 aliphatic heterocycles. The summed E-state index contributed by atoms with van der Waals surface area (Å²) >= 11 is 17.9. The van der Waals surface area contributed by atoms with E-state index in [9.17, 15) is 9.59 Å². The van der Waals surface area contributed by atoms with Gasteiger partial charge >= 0.3 is 0 Å². The van der Waals surface area contributed by atoms with Gasteiger partial charge < -0.3 is 14.5 Å². The molecule has 0 bridgehead atoms. The minimum atomic E-state index is -0.899. The molecule has 3 aromatic rings. The van der Waals surface area contributed by atoms with Crippen molar-refractivity contribution < 1.29 is 18.7 Å². The van der Waals surface area contributed by atoms with E-state index in [0.717, 1.165) is 5.56 Å². The van der Waals surface area contributed by atoms with Crippen LogP contribution in [0.2, 0.25) is 15.1 Å². The van der Waals surface area contributed by atoms with Gasteiger partial charge in [-0.2, -0.15) is 5.10 Å². The van der Waals surface area contributed by atoms with Gasteiger partial charge in [0.1, 0.15) is 23.3 Å². The topological polar surface area (TPSA) is 92.9 Å². The summed E-state index contributed by atoms with van der Waals surface area (Å²) in [6.45, 7) is 5.46. The van der Waals surface area contributed by atoms with E-state index in [0.29, 0.717) is 33.7 Å². The lowest BCUT2D eigenvalue weighted by atomic mass is 10.0. The molecule has 0 saturated carbocycles. The third kappa shape index (κ3) is 8.01. The third-order valence-corrected chi connectivity index (χ3v) is 5.81. The molecule has 2 atom stereocenters. The van der Waals surface area contributed by atoms with Crippen LogP contribution < -0.4 is 15.5 Å². The Morgan fingerprint density at radius 2 is 1.67 bits per heavy atom. The first kappa shape index (κ1) is 27.6. The van der Waals surface area contributed by atoms with Crippen LogP contribution in [0.4, 0.5) is 0 Å². The van der Waals surface area contributed by atoms with E-state index in [1.807, 2.05) is 26.0 Å². The van der Waals surface area contributed by atoms with E-state index in [2.05, 4.69) is 15.8 Å². The smallest absolute Gasteiger partial charge is 0.262 e. The molecule has 10 heteroatoms. The number of carbonyl (C=O) groups excluding carboxylic acids is 2. The molecule has 1 heterocycles. The number of hydrogen-bond acceptors (Lipinski definition) is 5. The van der Waals surface area contributed by atoms with Crippen LogP contribution in [-0.2, 0) is 9.59 Å². The Hall–Kier alpha value is -3.00. The predicted molar refractivity (Wildman–Crippen MR) is 143 cm³/mol. The fraction of sp³-hybridized carbons (Fsp3) is 0.269. The number of hydrazone groups is 1. The van der Waals surface area contributed by atoms with Gasteiger partial charge in [-0.1, -0.05) is 48.7 Å². The highest BCUT2D eigenvalue weighted by molar-refractivity contribution is 6.35. The van der Waals surface area contributed by atoms with E-state index in [4.69, 9.17) is 44.0 Å². The van der Waals surface area contributed by atoms with Gasteiger partial charge in [-0.3, -0.25) is 9.59 Å². The first-order chi connectivity index (χ1) is 17.1. The SMILES string of the molecule is CC(C)C[C@@H](NC(=O)[C@H](C)Oc1ccc(Cl)cc1Cl)C(=O)N/N=C\c1ccc(-c2ccc(Cl)cc2)o1. The molecular weight excluding hydrogens is 525 g/mol. The molecule has 0 saturated heterocycles. The van der Waals surface area contributed by atoms with Crippen molar-refractivity contribution in [3.8, 4) is 17.1 Å². The zero-order valence-corrected chi connectivity index (χ0v) is 22.2. The zero-order chi connectivity index (χ0) is 26.2. The highest BCUT2D eigenvalue weighted by Gasteiger charge is 2.25.